The molecule has 3 atom stereocenters. The van der Waals surface area contributed by atoms with Crippen LogP contribution in [0.5, 0.6) is 0 Å². The van der Waals surface area contributed by atoms with Gasteiger partial charge in [-0.1, -0.05) is 12.1 Å². The molecule has 0 unspecified atom stereocenters. The lowest BCUT2D eigenvalue weighted by atomic mass is 9.89. The Balaban J connectivity index is 1.75. The van der Waals surface area contributed by atoms with Gasteiger partial charge in [-0.2, -0.15) is 0 Å². The quantitative estimate of drug-likeness (QED) is 0.864. The molecule has 0 spiro atoms. The molecule has 2 saturated heterocycles. The summed E-state index contributed by atoms with van der Waals surface area (Å²) in [6.45, 7) is 8.44. The summed E-state index contributed by atoms with van der Waals surface area (Å²) in [4.78, 5) is 16.6. The zero-order valence-electron chi connectivity index (χ0n) is 14.3. The van der Waals surface area contributed by atoms with Gasteiger partial charge in [0, 0.05) is 37.1 Å². The second-order valence-electron chi connectivity index (χ2n) is 7.95. The van der Waals surface area contributed by atoms with Crippen molar-refractivity contribution in [1.82, 2.24) is 15.1 Å². The topological polar surface area (TPSA) is 35.6 Å². The third-order valence-electron chi connectivity index (χ3n) is 4.85. The number of rotatable bonds is 1. The van der Waals surface area contributed by atoms with Crippen LogP contribution in [0.4, 0.5) is 9.18 Å². The SMILES string of the molecule is CN1C[C@H]2CN(C(=O)NC(C)(C)C)C[C@H]2[C@@H]1c1cccc(F)c1. The Kier molecular flexibility index (Phi) is 4.08. The van der Waals surface area contributed by atoms with E-state index in [2.05, 4.69) is 17.3 Å². The first kappa shape index (κ1) is 16.2. The number of hydrogen-bond donors (Lipinski definition) is 1. The van der Waals surface area contributed by atoms with Gasteiger partial charge in [0.25, 0.3) is 0 Å². The van der Waals surface area contributed by atoms with Crippen molar-refractivity contribution in [3.63, 3.8) is 0 Å². The molecular formula is C18H26FN3O. The zero-order valence-corrected chi connectivity index (χ0v) is 14.3. The number of benzene rings is 1. The van der Waals surface area contributed by atoms with Gasteiger partial charge in [0.1, 0.15) is 5.82 Å². The Bertz CT molecular complexity index is 598. The van der Waals surface area contributed by atoms with Crippen molar-refractivity contribution in [2.75, 3.05) is 26.7 Å². The van der Waals surface area contributed by atoms with E-state index in [1.165, 1.54) is 6.07 Å². The van der Waals surface area contributed by atoms with Crippen LogP contribution in [0, 0.1) is 17.7 Å². The molecule has 1 N–H and O–H groups in total. The minimum absolute atomic E-state index is 0.00699. The molecule has 2 fully saturated rings. The molecule has 0 bridgehead atoms. The van der Waals surface area contributed by atoms with Crippen LogP contribution in [0.3, 0.4) is 0 Å². The fraction of sp³-hybridized carbons (Fsp3) is 0.611. The monoisotopic (exact) mass is 319 g/mol. The van der Waals surface area contributed by atoms with E-state index in [0.717, 1.165) is 25.2 Å². The average Bonchev–Trinajstić information content (AvgIpc) is 2.93. The van der Waals surface area contributed by atoms with Crippen molar-refractivity contribution in [3.05, 3.63) is 35.6 Å². The van der Waals surface area contributed by atoms with Gasteiger partial charge >= 0.3 is 6.03 Å². The van der Waals surface area contributed by atoms with Crippen LogP contribution in [0.15, 0.2) is 24.3 Å². The predicted molar refractivity (Wildman–Crippen MR) is 88.6 cm³/mol. The van der Waals surface area contributed by atoms with Crippen LogP contribution in [0.2, 0.25) is 0 Å². The smallest absolute Gasteiger partial charge is 0.317 e. The van der Waals surface area contributed by atoms with Gasteiger partial charge in [-0.3, -0.25) is 4.90 Å². The summed E-state index contributed by atoms with van der Waals surface area (Å²) >= 11 is 0. The van der Waals surface area contributed by atoms with E-state index < -0.39 is 0 Å². The highest BCUT2D eigenvalue weighted by Crippen LogP contribution is 2.44. The number of urea groups is 1. The van der Waals surface area contributed by atoms with Crippen LogP contribution >= 0.6 is 0 Å². The molecule has 2 heterocycles. The van der Waals surface area contributed by atoms with Crippen molar-refractivity contribution in [2.45, 2.75) is 32.4 Å². The molecule has 0 aliphatic carbocycles. The maximum atomic E-state index is 13.6. The molecule has 0 aromatic heterocycles. The zero-order chi connectivity index (χ0) is 16.8. The number of nitrogens with zero attached hydrogens (tertiary/aromatic N) is 2. The summed E-state index contributed by atoms with van der Waals surface area (Å²) in [5.74, 6) is 0.631. The van der Waals surface area contributed by atoms with E-state index in [4.69, 9.17) is 0 Å². The van der Waals surface area contributed by atoms with Gasteiger partial charge < -0.3 is 10.2 Å². The molecule has 23 heavy (non-hydrogen) atoms. The first-order valence-electron chi connectivity index (χ1n) is 8.27. The summed E-state index contributed by atoms with van der Waals surface area (Å²) < 4.78 is 13.6. The molecule has 2 amide bonds. The highest BCUT2D eigenvalue weighted by molar-refractivity contribution is 5.75. The van der Waals surface area contributed by atoms with Crippen LogP contribution in [-0.4, -0.2) is 48.1 Å². The molecule has 1 aromatic carbocycles. The molecule has 3 rings (SSSR count). The fourth-order valence-corrected chi connectivity index (χ4v) is 4.02. The first-order chi connectivity index (χ1) is 10.7. The molecule has 4 nitrogen and oxygen atoms in total. The minimum Gasteiger partial charge on any atom is -0.333 e. The number of nitrogens with one attached hydrogen (secondary N) is 1. The molecule has 0 radical (unpaired) electrons. The van der Waals surface area contributed by atoms with Crippen LogP contribution in [0.1, 0.15) is 32.4 Å². The maximum absolute atomic E-state index is 13.6. The summed E-state index contributed by atoms with van der Waals surface area (Å²) in [6.07, 6.45) is 0. The van der Waals surface area contributed by atoms with Crippen molar-refractivity contribution < 1.29 is 9.18 Å². The number of hydrogen-bond acceptors (Lipinski definition) is 2. The average molecular weight is 319 g/mol. The third-order valence-corrected chi connectivity index (χ3v) is 4.85. The Labute approximate surface area is 137 Å². The Morgan fingerprint density at radius 3 is 2.65 bits per heavy atom. The fourth-order valence-electron chi connectivity index (χ4n) is 4.02. The standard InChI is InChI=1S/C18H26FN3O/c1-18(2,3)20-17(23)22-10-13-9-21(4)16(15(13)11-22)12-6-5-7-14(19)8-12/h5-8,13,15-16H,9-11H2,1-4H3,(H,20,23)/t13-,15+,16-/m0/s1. The van der Waals surface area contributed by atoms with Crippen molar-refractivity contribution in [2.24, 2.45) is 11.8 Å². The molecule has 1 aromatic rings. The van der Waals surface area contributed by atoms with Crippen LogP contribution in [0.25, 0.3) is 0 Å². The Hall–Kier alpha value is -1.62. The number of amides is 2. The maximum Gasteiger partial charge on any atom is 0.317 e. The molecule has 5 heteroatoms. The van der Waals surface area contributed by atoms with E-state index in [1.807, 2.05) is 31.7 Å². The number of fused-ring (bicyclic) bond motifs is 1. The molecule has 2 aliphatic heterocycles. The number of carbonyl (C=O) groups excluding carboxylic acids is 1. The van der Waals surface area contributed by atoms with E-state index in [0.29, 0.717) is 11.8 Å². The van der Waals surface area contributed by atoms with Crippen molar-refractivity contribution >= 4 is 6.03 Å². The van der Waals surface area contributed by atoms with Gasteiger partial charge in [0.05, 0.1) is 0 Å². The van der Waals surface area contributed by atoms with Gasteiger partial charge in [-0.15, -0.1) is 0 Å². The third kappa shape index (κ3) is 3.34. The van der Waals surface area contributed by atoms with E-state index >= 15 is 0 Å². The van der Waals surface area contributed by atoms with E-state index in [1.54, 1.807) is 12.1 Å². The Morgan fingerprint density at radius 1 is 1.26 bits per heavy atom. The van der Waals surface area contributed by atoms with Crippen molar-refractivity contribution in [1.29, 1.82) is 0 Å². The normalized spacial score (nSPS) is 28.0. The van der Waals surface area contributed by atoms with Gasteiger partial charge in [0.2, 0.25) is 0 Å². The van der Waals surface area contributed by atoms with E-state index in [9.17, 15) is 9.18 Å². The summed E-state index contributed by atoms with van der Waals surface area (Å²) in [5, 5.41) is 3.04. The first-order valence-corrected chi connectivity index (χ1v) is 8.27. The lowest BCUT2D eigenvalue weighted by Crippen LogP contribution is -2.48. The highest BCUT2D eigenvalue weighted by atomic mass is 19.1. The molecule has 0 saturated carbocycles. The number of likely N-dealkylation sites (tertiary alicyclic amines) is 2. The Morgan fingerprint density at radius 2 is 2.00 bits per heavy atom. The molecular weight excluding hydrogens is 293 g/mol. The number of carbonyl (C=O) groups is 1. The van der Waals surface area contributed by atoms with E-state index in [-0.39, 0.29) is 23.4 Å². The second kappa shape index (κ2) is 5.78. The largest absolute Gasteiger partial charge is 0.333 e. The lowest BCUT2D eigenvalue weighted by molar-refractivity contribution is 0.186. The van der Waals surface area contributed by atoms with Gasteiger partial charge in [-0.25, -0.2) is 9.18 Å². The number of halogens is 1. The summed E-state index contributed by atoms with van der Waals surface area (Å²) in [7, 11) is 2.09. The molecule has 126 valence electrons. The van der Waals surface area contributed by atoms with Crippen molar-refractivity contribution in [3.8, 4) is 0 Å². The summed E-state index contributed by atoms with van der Waals surface area (Å²) in [6, 6.07) is 7.06. The summed E-state index contributed by atoms with van der Waals surface area (Å²) in [5.41, 5.74) is 0.783. The lowest BCUT2D eigenvalue weighted by Gasteiger charge is -2.29. The van der Waals surface area contributed by atoms with Gasteiger partial charge in [-0.05, 0) is 51.4 Å². The predicted octanol–water partition coefficient (Wildman–Crippen LogP) is 2.87. The van der Waals surface area contributed by atoms with Gasteiger partial charge in [0.15, 0.2) is 0 Å². The van der Waals surface area contributed by atoms with Crippen LogP contribution < -0.4 is 5.32 Å². The van der Waals surface area contributed by atoms with Crippen LogP contribution in [-0.2, 0) is 0 Å². The second-order valence-corrected chi connectivity index (χ2v) is 7.95. The highest BCUT2D eigenvalue weighted by Gasteiger charge is 2.47. The minimum atomic E-state index is -0.229. The molecule has 2 aliphatic rings.